The molecular weight excluding hydrogens is 306 g/mol. The van der Waals surface area contributed by atoms with Crippen LogP contribution in [0.4, 0.5) is 8.78 Å². The molecule has 0 fully saturated rings. The summed E-state index contributed by atoms with van der Waals surface area (Å²) in [5.41, 5.74) is 0.536. The van der Waals surface area contributed by atoms with E-state index in [9.17, 15) is 8.78 Å². The van der Waals surface area contributed by atoms with Crippen molar-refractivity contribution in [1.29, 1.82) is 0 Å². The molecular formula is C13H17BrF2O2. The topological polar surface area (TPSA) is 18.5 Å². The van der Waals surface area contributed by atoms with Crippen molar-refractivity contribution in [1.82, 2.24) is 0 Å². The highest BCUT2D eigenvalue weighted by atomic mass is 79.9. The van der Waals surface area contributed by atoms with Gasteiger partial charge in [0.05, 0.1) is 6.61 Å². The molecule has 0 aliphatic heterocycles. The van der Waals surface area contributed by atoms with Crippen LogP contribution < -0.4 is 4.74 Å². The second-order valence-corrected chi connectivity index (χ2v) is 4.90. The van der Waals surface area contributed by atoms with Gasteiger partial charge < -0.3 is 9.47 Å². The van der Waals surface area contributed by atoms with Crippen LogP contribution in [-0.4, -0.2) is 19.8 Å². The minimum Gasteiger partial charge on any atom is -0.485 e. The van der Waals surface area contributed by atoms with Crippen LogP contribution in [0.5, 0.6) is 5.75 Å². The van der Waals surface area contributed by atoms with Crippen molar-refractivity contribution in [3.63, 3.8) is 0 Å². The molecule has 0 saturated carbocycles. The first kappa shape index (κ1) is 15.4. The number of benzene rings is 1. The van der Waals surface area contributed by atoms with E-state index in [1.807, 2.05) is 13.8 Å². The van der Waals surface area contributed by atoms with Gasteiger partial charge in [0.25, 0.3) is 0 Å². The Labute approximate surface area is 114 Å². The van der Waals surface area contributed by atoms with E-state index in [2.05, 4.69) is 15.9 Å². The quantitative estimate of drug-likeness (QED) is 0.559. The van der Waals surface area contributed by atoms with Crippen LogP contribution in [-0.2, 0) is 10.1 Å². The summed E-state index contributed by atoms with van der Waals surface area (Å²) in [5, 5.41) is 0.401. The predicted molar refractivity (Wildman–Crippen MR) is 70.1 cm³/mol. The molecule has 0 spiro atoms. The summed E-state index contributed by atoms with van der Waals surface area (Å²) in [6, 6.07) is 2.50. The number of ether oxygens (including phenoxy) is 2. The van der Waals surface area contributed by atoms with Gasteiger partial charge in [-0.2, -0.15) is 0 Å². The van der Waals surface area contributed by atoms with E-state index in [0.29, 0.717) is 30.0 Å². The molecule has 0 amide bonds. The van der Waals surface area contributed by atoms with Crippen molar-refractivity contribution in [2.24, 2.45) is 5.92 Å². The van der Waals surface area contributed by atoms with Gasteiger partial charge in [0.1, 0.15) is 6.61 Å². The maximum Gasteiger partial charge on any atom is 0.190 e. The molecule has 2 nitrogen and oxygen atoms in total. The Morgan fingerprint density at radius 1 is 1.17 bits per heavy atom. The molecule has 1 rings (SSSR count). The van der Waals surface area contributed by atoms with Crippen LogP contribution >= 0.6 is 15.9 Å². The monoisotopic (exact) mass is 322 g/mol. The van der Waals surface area contributed by atoms with Crippen molar-refractivity contribution in [2.75, 3.05) is 19.8 Å². The van der Waals surface area contributed by atoms with Crippen molar-refractivity contribution in [3.8, 4) is 5.75 Å². The summed E-state index contributed by atoms with van der Waals surface area (Å²) in [4.78, 5) is 0. The van der Waals surface area contributed by atoms with Gasteiger partial charge in [-0.3, -0.25) is 0 Å². The molecule has 0 aromatic heterocycles. The van der Waals surface area contributed by atoms with Gasteiger partial charge in [-0.1, -0.05) is 29.8 Å². The van der Waals surface area contributed by atoms with Crippen molar-refractivity contribution >= 4 is 15.9 Å². The molecule has 0 heterocycles. The summed E-state index contributed by atoms with van der Waals surface area (Å²) in [7, 11) is 0. The van der Waals surface area contributed by atoms with E-state index < -0.39 is 11.6 Å². The second kappa shape index (κ2) is 7.69. The number of hydrogen-bond acceptors (Lipinski definition) is 2. The van der Waals surface area contributed by atoms with E-state index in [4.69, 9.17) is 9.47 Å². The Morgan fingerprint density at radius 2 is 1.78 bits per heavy atom. The molecule has 0 aliphatic rings. The number of halogens is 3. The third-order valence-corrected chi connectivity index (χ3v) is 2.79. The van der Waals surface area contributed by atoms with Crippen molar-refractivity contribution < 1.29 is 18.3 Å². The van der Waals surface area contributed by atoms with E-state index in [-0.39, 0.29) is 12.4 Å². The molecule has 0 radical (unpaired) electrons. The SMILES string of the molecule is CC(C)COCCOc1c(F)cc(CBr)cc1F. The molecule has 1 aromatic carbocycles. The summed E-state index contributed by atoms with van der Waals surface area (Å²) < 4.78 is 37.3. The normalized spacial score (nSPS) is 11.0. The summed E-state index contributed by atoms with van der Waals surface area (Å²) in [6.45, 7) is 5.11. The highest BCUT2D eigenvalue weighted by Crippen LogP contribution is 2.24. The minimum atomic E-state index is -0.687. The molecule has 102 valence electrons. The molecule has 0 atom stereocenters. The van der Waals surface area contributed by atoms with Gasteiger partial charge in [-0.25, -0.2) is 8.78 Å². The Morgan fingerprint density at radius 3 is 2.28 bits per heavy atom. The van der Waals surface area contributed by atoms with Gasteiger partial charge >= 0.3 is 0 Å². The molecule has 18 heavy (non-hydrogen) atoms. The Hall–Kier alpha value is -0.680. The van der Waals surface area contributed by atoms with Gasteiger partial charge in [-0.05, 0) is 23.6 Å². The van der Waals surface area contributed by atoms with Crippen LogP contribution in [0.2, 0.25) is 0 Å². The third-order valence-electron chi connectivity index (χ3n) is 2.14. The zero-order valence-electron chi connectivity index (χ0n) is 10.5. The fourth-order valence-electron chi connectivity index (χ4n) is 1.35. The number of alkyl halides is 1. The number of rotatable bonds is 7. The van der Waals surface area contributed by atoms with Crippen LogP contribution in [0.25, 0.3) is 0 Å². The van der Waals surface area contributed by atoms with Crippen molar-refractivity contribution in [2.45, 2.75) is 19.2 Å². The first-order valence-corrected chi connectivity index (χ1v) is 6.91. The zero-order valence-corrected chi connectivity index (χ0v) is 12.1. The summed E-state index contributed by atoms with van der Waals surface area (Å²) in [6.07, 6.45) is 0. The summed E-state index contributed by atoms with van der Waals surface area (Å²) >= 11 is 3.14. The van der Waals surface area contributed by atoms with Gasteiger partial charge in [-0.15, -0.1) is 0 Å². The molecule has 1 aromatic rings. The molecule has 0 N–H and O–H groups in total. The van der Waals surface area contributed by atoms with E-state index in [1.165, 1.54) is 12.1 Å². The number of hydrogen-bond donors (Lipinski definition) is 0. The van der Waals surface area contributed by atoms with Gasteiger partial charge in [0, 0.05) is 11.9 Å². The lowest BCUT2D eigenvalue weighted by Crippen LogP contribution is -2.11. The van der Waals surface area contributed by atoms with Crippen LogP contribution in [0.15, 0.2) is 12.1 Å². The summed E-state index contributed by atoms with van der Waals surface area (Å²) in [5.74, 6) is -1.29. The first-order valence-electron chi connectivity index (χ1n) is 5.79. The molecule has 5 heteroatoms. The standard InChI is InChI=1S/C13H17BrF2O2/c1-9(2)8-17-3-4-18-13-11(15)5-10(7-14)6-12(13)16/h5-6,9H,3-4,7-8H2,1-2H3. The van der Waals surface area contributed by atoms with Gasteiger partial charge in [0.15, 0.2) is 17.4 Å². The Bertz CT molecular complexity index is 360. The highest BCUT2D eigenvalue weighted by molar-refractivity contribution is 9.08. The average Bonchev–Trinajstić information content (AvgIpc) is 2.31. The molecule has 0 unspecified atom stereocenters. The fraction of sp³-hybridized carbons (Fsp3) is 0.538. The Balaban J connectivity index is 2.47. The zero-order chi connectivity index (χ0) is 13.5. The van der Waals surface area contributed by atoms with E-state index >= 15 is 0 Å². The van der Waals surface area contributed by atoms with Crippen LogP contribution in [0.3, 0.4) is 0 Å². The van der Waals surface area contributed by atoms with E-state index in [0.717, 1.165) is 0 Å². The maximum atomic E-state index is 13.5. The molecule has 0 aliphatic carbocycles. The lowest BCUT2D eigenvalue weighted by Gasteiger charge is -2.10. The van der Waals surface area contributed by atoms with Crippen LogP contribution in [0.1, 0.15) is 19.4 Å². The molecule has 0 saturated heterocycles. The predicted octanol–water partition coefficient (Wildman–Crippen LogP) is 3.91. The highest BCUT2D eigenvalue weighted by Gasteiger charge is 2.12. The third kappa shape index (κ3) is 4.90. The second-order valence-electron chi connectivity index (χ2n) is 4.34. The lowest BCUT2D eigenvalue weighted by atomic mass is 10.2. The smallest absolute Gasteiger partial charge is 0.190 e. The minimum absolute atomic E-state index is 0.133. The maximum absolute atomic E-state index is 13.5. The fourth-order valence-corrected chi connectivity index (χ4v) is 1.67. The van der Waals surface area contributed by atoms with Crippen LogP contribution in [0, 0.1) is 17.6 Å². The molecule has 0 bridgehead atoms. The van der Waals surface area contributed by atoms with Crippen molar-refractivity contribution in [3.05, 3.63) is 29.3 Å². The first-order chi connectivity index (χ1) is 8.54. The largest absolute Gasteiger partial charge is 0.485 e. The van der Waals surface area contributed by atoms with Gasteiger partial charge in [0.2, 0.25) is 0 Å². The average molecular weight is 323 g/mol. The van der Waals surface area contributed by atoms with E-state index in [1.54, 1.807) is 0 Å². The Kier molecular flexibility index (Phi) is 6.57. The lowest BCUT2D eigenvalue weighted by molar-refractivity contribution is 0.0795.